The van der Waals surface area contributed by atoms with Crippen molar-refractivity contribution in [2.75, 3.05) is 31.6 Å². The van der Waals surface area contributed by atoms with E-state index in [2.05, 4.69) is 65.7 Å². The van der Waals surface area contributed by atoms with E-state index in [1.165, 1.54) is 27.9 Å². The molecule has 190 valence electrons. The van der Waals surface area contributed by atoms with Crippen molar-refractivity contribution in [3.05, 3.63) is 82.9 Å². The summed E-state index contributed by atoms with van der Waals surface area (Å²) in [4.78, 5) is 2.45. The first kappa shape index (κ1) is 24.5. The number of anilines is 1. The van der Waals surface area contributed by atoms with E-state index in [1.807, 2.05) is 12.1 Å². The number of ether oxygens (including phenoxy) is 2. The van der Waals surface area contributed by atoms with Crippen LogP contribution in [0.1, 0.15) is 54.4 Å². The van der Waals surface area contributed by atoms with E-state index in [9.17, 15) is 5.11 Å². The minimum atomic E-state index is 0.313. The second kappa shape index (κ2) is 11.3. The van der Waals surface area contributed by atoms with Gasteiger partial charge < -0.3 is 24.8 Å². The zero-order valence-electron chi connectivity index (χ0n) is 21.5. The molecule has 0 spiro atoms. The molecule has 1 atom stereocenters. The van der Waals surface area contributed by atoms with E-state index >= 15 is 0 Å². The minimum absolute atomic E-state index is 0.313. The Bertz CT molecular complexity index is 1150. The van der Waals surface area contributed by atoms with Gasteiger partial charge in [-0.25, -0.2) is 0 Å². The Hall–Kier alpha value is -3.18. The molecule has 5 rings (SSSR count). The van der Waals surface area contributed by atoms with Crippen LogP contribution in [0.3, 0.4) is 0 Å². The van der Waals surface area contributed by atoms with Gasteiger partial charge in [-0.05, 0) is 111 Å². The fraction of sp³-hybridized carbons (Fsp3) is 0.419. The normalized spacial score (nSPS) is 17.9. The van der Waals surface area contributed by atoms with Crippen LogP contribution >= 0.6 is 0 Å². The molecule has 2 aliphatic rings. The highest BCUT2D eigenvalue weighted by molar-refractivity contribution is 5.60. The van der Waals surface area contributed by atoms with E-state index in [4.69, 9.17) is 9.47 Å². The molecule has 0 bridgehead atoms. The highest BCUT2D eigenvalue weighted by Gasteiger charge is 2.25. The van der Waals surface area contributed by atoms with Crippen molar-refractivity contribution in [1.29, 1.82) is 0 Å². The Morgan fingerprint density at radius 3 is 2.44 bits per heavy atom. The molecule has 0 aromatic heterocycles. The molecule has 1 heterocycles. The van der Waals surface area contributed by atoms with Crippen molar-refractivity contribution >= 4 is 5.69 Å². The summed E-state index contributed by atoms with van der Waals surface area (Å²) in [7, 11) is 1.74. The first-order chi connectivity index (χ1) is 17.6. The molecular weight excluding hydrogens is 448 g/mol. The quantitative estimate of drug-likeness (QED) is 0.420. The molecule has 5 heteroatoms. The van der Waals surface area contributed by atoms with Crippen LogP contribution in [0.15, 0.2) is 60.7 Å². The fourth-order valence-electron chi connectivity index (χ4n) is 5.64. The number of hydrogen-bond acceptors (Lipinski definition) is 5. The van der Waals surface area contributed by atoms with E-state index in [0.717, 1.165) is 69.8 Å². The molecule has 2 N–H and O–H groups in total. The lowest BCUT2D eigenvalue weighted by atomic mass is 9.79. The Labute approximate surface area is 215 Å². The van der Waals surface area contributed by atoms with Gasteiger partial charge in [0.25, 0.3) is 0 Å². The maximum absolute atomic E-state index is 9.89. The van der Waals surface area contributed by atoms with Crippen molar-refractivity contribution in [3.8, 4) is 17.2 Å². The minimum Gasteiger partial charge on any atom is -0.508 e. The third-order valence-electron chi connectivity index (χ3n) is 7.70. The van der Waals surface area contributed by atoms with Gasteiger partial charge in [-0.15, -0.1) is 0 Å². The topological polar surface area (TPSA) is 54.0 Å². The van der Waals surface area contributed by atoms with Gasteiger partial charge in [0.1, 0.15) is 23.4 Å². The second-order valence-corrected chi connectivity index (χ2v) is 10.0. The van der Waals surface area contributed by atoms with Crippen molar-refractivity contribution in [3.63, 3.8) is 0 Å². The molecule has 1 aliphatic carbocycles. The number of hydrogen-bond donors (Lipinski definition) is 2. The monoisotopic (exact) mass is 486 g/mol. The highest BCUT2D eigenvalue weighted by atomic mass is 16.5. The molecule has 3 aromatic rings. The lowest BCUT2D eigenvalue weighted by Gasteiger charge is -2.32. The van der Waals surface area contributed by atoms with E-state index in [-0.39, 0.29) is 0 Å². The predicted molar refractivity (Wildman–Crippen MR) is 146 cm³/mol. The van der Waals surface area contributed by atoms with Crippen LogP contribution in [0.4, 0.5) is 5.69 Å². The maximum atomic E-state index is 9.89. The Kier molecular flexibility index (Phi) is 7.66. The van der Waals surface area contributed by atoms with Gasteiger partial charge in [0, 0.05) is 24.8 Å². The Morgan fingerprint density at radius 1 is 0.917 bits per heavy atom. The molecule has 36 heavy (non-hydrogen) atoms. The van der Waals surface area contributed by atoms with Gasteiger partial charge in [-0.3, -0.25) is 0 Å². The summed E-state index contributed by atoms with van der Waals surface area (Å²) in [6.07, 6.45) is 5.51. The van der Waals surface area contributed by atoms with Crippen molar-refractivity contribution in [2.24, 2.45) is 0 Å². The van der Waals surface area contributed by atoms with Gasteiger partial charge in [0.15, 0.2) is 0 Å². The van der Waals surface area contributed by atoms with Gasteiger partial charge in [0.05, 0.1) is 7.11 Å². The average Bonchev–Trinajstić information content (AvgIpc) is 2.92. The first-order valence-electron chi connectivity index (χ1n) is 13.3. The van der Waals surface area contributed by atoms with E-state index < -0.39 is 0 Å². The standard InChI is InChI=1S/C31H38N2O3/c1-3-33(21-22-4-10-27(11-5-22)36-28-14-16-32-17-15-28)31-20-29(35-2)12-13-30(31)25-7-6-24-19-26(34)9-8-23(24)18-25/h4-5,8-13,19-20,25,28,32,34H,3,6-7,14-18,21H2,1-2H3/t25-/m1/s1. The summed E-state index contributed by atoms with van der Waals surface area (Å²) in [5, 5.41) is 13.3. The summed E-state index contributed by atoms with van der Waals surface area (Å²) in [6, 6.07) is 21.0. The fourth-order valence-corrected chi connectivity index (χ4v) is 5.64. The number of aryl methyl sites for hydroxylation is 1. The number of benzene rings is 3. The number of aromatic hydroxyl groups is 1. The molecule has 0 saturated carbocycles. The van der Waals surface area contributed by atoms with Crippen LogP contribution in [0.25, 0.3) is 0 Å². The molecule has 0 unspecified atom stereocenters. The van der Waals surface area contributed by atoms with Crippen LogP contribution in [-0.2, 0) is 19.4 Å². The molecule has 0 radical (unpaired) electrons. The number of phenols is 1. The van der Waals surface area contributed by atoms with E-state index in [0.29, 0.717) is 17.8 Å². The molecule has 1 fully saturated rings. The van der Waals surface area contributed by atoms with Gasteiger partial charge in [-0.1, -0.05) is 24.3 Å². The van der Waals surface area contributed by atoms with Crippen LogP contribution in [0, 0.1) is 0 Å². The third-order valence-corrected chi connectivity index (χ3v) is 7.70. The third kappa shape index (κ3) is 5.62. The van der Waals surface area contributed by atoms with Crippen LogP contribution in [-0.4, -0.2) is 38.0 Å². The molecule has 1 aliphatic heterocycles. The van der Waals surface area contributed by atoms with Crippen LogP contribution < -0.4 is 19.7 Å². The summed E-state index contributed by atoms with van der Waals surface area (Å²) in [5.74, 6) is 2.65. The number of fused-ring (bicyclic) bond motifs is 1. The Morgan fingerprint density at radius 2 is 1.69 bits per heavy atom. The van der Waals surface area contributed by atoms with Gasteiger partial charge in [0.2, 0.25) is 0 Å². The molecular formula is C31H38N2O3. The van der Waals surface area contributed by atoms with Crippen LogP contribution in [0.2, 0.25) is 0 Å². The number of piperidine rings is 1. The second-order valence-electron chi connectivity index (χ2n) is 10.0. The summed E-state index contributed by atoms with van der Waals surface area (Å²) in [5.41, 5.74) is 6.52. The molecule has 1 saturated heterocycles. The van der Waals surface area contributed by atoms with Crippen LogP contribution in [0.5, 0.6) is 17.2 Å². The zero-order valence-corrected chi connectivity index (χ0v) is 21.5. The van der Waals surface area contributed by atoms with Crippen molar-refractivity contribution in [2.45, 2.75) is 57.6 Å². The Balaban J connectivity index is 1.35. The number of nitrogens with one attached hydrogen (secondary N) is 1. The van der Waals surface area contributed by atoms with E-state index in [1.54, 1.807) is 7.11 Å². The van der Waals surface area contributed by atoms with Crippen molar-refractivity contribution in [1.82, 2.24) is 5.32 Å². The smallest absolute Gasteiger partial charge is 0.120 e. The van der Waals surface area contributed by atoms with Crippen molar-refractivity contribution < 1.29 is 14.6 Å². The molecule has 5 nitrogen and oxygen atoms in total. The lowest BCUT2D eigenvalue weighted by molar-refractivity contribution is 0.162. The lowest BCUT2D eigenvalue weighted by Crippen LogP contribution is -2.34. The predicted octanol–water partition coefficient (Wildman–Crippen LogP) is 5.83. The van der Waals surface area contributed by atoms with Gasteiger partial charge in [-0.2, -0.15) is 0 Å². The first-order valence-corrected chi connectivity index (χ1v) is 13.3. The molecule has 0 amide bonds. The van der Waals surface area contributed by atoms with Gasteiger partial charge >= 0.3 is 0 Å². The largest absolute Gasteiger partial charge is 0.508 e. The molecule has 3 aromatic carbocycles. The average molecular weight is 487 g/mol. The summed E-state index contributed by atoms with van der Waals surface area (Å²) < 4.78 is 11.8. The number of methoxy groups -OCH3 is 1. The maximum Gasteiger partial charge on any atom is 0.120 e. The SMILES string of the molecule is CCN(Cc1ccc(OC2CCNCC2)cc1)c1cc(OC)ccc1[C@@H]1CCc2cc(O)ccc2C1. The number of rotatable bonds is 8. The summed E-state index contributed by atoms with van der Waals surface area (Å²) >= 11 is 0. The number of phenolic OH excluding ortho intramolecular Hbond substituents is 1. The zero-order chi connectivity index (χ0) is 24.9. The summed E-state index contributed by atoms with van der Waals surface area (Å²) in [6.45, 7) is 6.03. The number of nitrogens with zero attached hydrogens (tertiary/aromatic N) is 1. The highest BCUT2D eigenvalue weighted by Crippen LogP contribution is 2.40.